The van der Waals surface area contributed by atoms with Gasteiger partial charge in [-0.3, -0.25) is 14.4 Å². The minimum Gasteiger partial charge on any atom is -0.481 e. The fourth-order valence-corrected chi connectivity index (χ4v) is 7.86. The summed E-state index contributed by atoms with van der Waals surface area (Å²) in [6, 6.07) is 16.3. The Morgan fingerprint density at radius 2 is 1.46 bits per heavy atom. The summed E-state index contributed by atoms with van der Waals surface area (Å²) in [6.45, 7) is 4.15. The molecule has 57 heavy (non-hydrogen) atoms. The van der Waals surface area contributed by atoms with Crippen molar-refractivity contribution in [1.29, 1.82) is 0 Å². The van der Waals surface area contributed by atoms with Crippen LogP contribution in [-0.4, -0.2) is 39.2 Å². The van der Waals surface area contributed by atoms with Gasteiger partial charge in [-0.15, -0.1) is 5.10 Å². The Kier molecular flexibility index (Phi) is 17.3. The standard InChI is InChI=1S/C44H53Cl3N6O4/c1-3-5-6-7-8-9-10-11-12-13-14-15-16-19-31-20-17-23-35(26-31)57-38(4-2)43(55)49-34-22-18-21-32(27-34)42(54)50-41-40(52-25-24-48-30-52)44(56)53(51-41)39-36(46)28-33(45)29-37(39)47/h17-18,20-30,38,40H,3-16,19H2,1-2H3,(H,49,55)(H,50,51,54). The molecule has 0 fully saturated rings. The molecule has 2 heterocycles. The van der Waals surface area contributed by atoms with Gasteiger partial charge in [-0.25, -0.2) is 4.98 Å². The number of carbonyl (C=O) groups is 3. The number of amides is 3. The van der Waals surface area contributed by atoms with Crippen molar-refractivity contribution in [3.63, 3.8) is 0 Å². The first-order chi connectivity index (χ1) is 27.7. The quantitative estimate of drug-likeness (QED) is 0.0764. The van der Waals surface area contributed by atoms with Crippen molar-refractivity contribution < 1.29 is 19.1 Å². The number of halogens is 3. The predicted molar refractivity (Wildman–Crippen MR) is 231 cm³/mol. The maximum Gasteiger partial charge on any atom is 0.278 e. The van der Waals surface area contributed by atoms with E-state index in [1.165, 1.54) is 112 Å². The summed E-state index contributed by atoms with van der Waals surface area (Å²) in [4.78, 5) is 44.8. The lowest BCUT2D eigenvalue weighted by Gasteiger charge is -2.18. The summed E-state index contributed by atoms with van der Waals surface area (Å²) >= 11 is 18.9. The number of rotatable bonds is 22. The SMILES string of the molecule is CCCCCCCCCCCCCCCc1cccc(OC(CC)C(=O)Nc2cccc(C(=O)NC3=NN(c4c(Cl)cc(Cl)cc4Cl)C(=O)C3n3ccnc3)c2)c1. The normalized spacial score (nSPS) is 14.4. The fraction of sp³-hybridized carbons (Fsp3) is 0.432. The van der Waals surface area contributed by atoms with Crippen molar-refractivity contribution in [2.45, 2.75) is 122 Å². The van der Waals surface area contributed by atoms with Crippen LogP contribution in [-0.2, 0) is 16.0 Å². The molecule has 3 amide bonds. The number of carbonyl (C=O) groups excluding carboxylic acids is 3. The van der Waals surface area contributed by atoms with Crippen LogP contribution in [0.2, 0.25) is 15.1 Å². The number of amidine groups is 1. The number of hydrazone groups is 1. The van der Waals surface area contributed by atoms with E-state index in [4.69, 9.17) is 39.5 Å². The van der Waals surface area contributed by atoms with E-state index >= 15 is 0 Å². The molecule has 0 radical (unpaired) electrons. The van der Waals surface area contributed by atoms with Gasteiger partial charge in [0.2, 0.25) is 0 Å². The third-order valence-corrected chi connectivity index (χ3v) is 10.8. The van der Waals surface area contributed by atoms with E-state index in [0.29, 0.717) is 17.9 Å². The molecule has 5 rings (SSSR count). The second-order valence-electron chi connectivity index (χ2n) is 14.4. The zero-order valence-corrected chi connectivity index (χ0v) is 35.1. The Morgan fingerprint density at radius 1 is 0.807 bits per heavy atom. The molecule has 1 aliphatic rings. The lowest BCUT2D eigenvalue weighted by molar-refractivity contribution is -0.123. The first-order valence-corrected chi connectivity index (χ1v) is 21.3. The van der Waals surface area contributed by atoms with Gasteiger partial charge in [-0.05, 0) is 67.3 Å². The molecule has 2 unspecified atom stereocenters. The van der Waals surface area contributed by atoms with Gasteiger partial charge in [-0.1, -0.05) is 144 Å². The highest BCUT2D eigenvalue weighted by Gasteiger charge is 2.40. The molecule has 0 saturated carbocycles. The summed E-state index contributed by atoms with van der Waals surface area (Å²) < 4.78 is 7.68. The van der Waals surface area contributed by atoms with E-state index in [0.717, 1.165) is 17.9 Å². The Labute approximate surface area is 351 Å². The molecule has 2 N–H and O–H groups in total. The number of hydrogen-bond donors (Lipinski definition) is 2. The zero-order chi connectivity index (χ0) is 40.6. The van der Waals surface area contributed by atoms with E-state index < -0.39 is 24.0 Å². The number of nitrogens with zero attached hydrogens (tertiary/aromatic N) is 4. The number of unbranched alkanes of at least 4 members (excludes halogenated alkanes) is 12. The molecule has 1 aromatic heterocycles. The van der Waals surface area contributed by atoms with Gasteiger partial charge < -0.3 is 19.9 Å². The fourth-order valence-electron chi connectivity index (χ4n) is 6.88. The molecule has 0 aliphatic carbocycles. The number of benzene rings is 3. The van der Waals surface area contributed by atoms with Crippen molar-refractivity contribution in [2.24, 2.45) is 5.10 Å². The number of hydrogen-bond acceptors (Lipinski definition) is 6. The van der Waals surface area contributed by atoms with Gasteiger partial charge in [-0.2, -0.15) is 5.01 Å². The molecule has 13 heteroatoms. The van der Waals surface area contributed by atoms with Crippen molar-refractivity contribution in [3.05, 3.63) is 106 Å². The van der Waals surface area contributed by atoms with Crippen LogP contribution < -0.4 is 20.4 Å². The van der Waals surface area contributed by atoms with Crippen LogP contribution in [0.25, 0.3) is 0 Å². The van der Waals surface area contributed by atoms with E-state index in [1.54, 1.807) is 30.5 Å². The van der Waals surface area contributed by atoms with Crippen LogP contribution in [0.15, 0.2) is 84.5 Å². The first kappa shape index (κ1) is 43.7. The average molecular weight is 836 g/mol. The number of nitrogens with one attached hydrogen (secondary N) is 2. The molecule has 3 aromatic carbocycles. The van der Waals surface area contributed by atoms with Crippen molar-refractivity contribution in [2.75, 3.05) is 10.3 Å². The third-order valence-electron chi connectivity index (χ3n) is 9.97. The highest BCUT2D eigenvalue weighted by Crippen LogP contribution is 2.39. The van der Waals surface area contributed by atoms with Gasteiger partial charge in [0.05, 0.1) is 16.4 Å². The second kappa shape index (κ2) is 22.5. The van der Waals surface area contributed by atoms with E-state index in [2.05, 4.69) is 33.7 Å². The molecule has 0 bridgehead atoms. The maximum absolute atomic E-state index is 13.7. The molecule has 10 nitrogen and oxygen atoms in total. The monoisotopic (exact) mass is 834 g/mol. The molecule has 4 aromatic rings. The van der Waals surface area contributed by atoms with Gasteiger partial charge in [0, 0.05) is 28.7 Å². The van der Waals surface area contributed by atoms with E-state index in [9.17, 15) is 14.4 Å². The number of aromatic nitrogens is 2. The molecule has 304 valence electrons. The average Bonchev–Trinajstić information content (AvgIpc) is 3.83. The molecular formula is C44H53Cl3N6O4. The zero-order valence-electron chi connectivity index (χ0n) is 32.8. The van der Waals surface area contributed by atoms with E-state index in [1.807, 2.05) is 25.1 Å². The molecular weight excluding hydrogens is 783 g/mol. The summed E-state index contributed by atoms with van der Waals surface area (Å²) in [5, 5.41) is 11.6. The van der Waals surface area contributed by atoms with Gasteiger partial charge in [0.25, 0.3) is 17.7 Å². The third kappa shape index (κ3) is 12.8. The number of aryl methyl sites for hydroxylation is 1. The smallest absolute Gasteiger partial charge is 0.278 e. The molecule has 0 saturated heterocycles. The predicted octanol–water partition coefficient (Wildman–Crippen LogP) is 11.6. The Morgan fingerprint density at radius 3 is 2.09 bits per heavy atom. The number of imidazole rings is 1. The lowest BCUT2D eigenvalue weighted by atomic mass is 10.0. The summed E-state index contributed by atoms with van der Waals surface area (Å²) in [5.74, 6) is -0.745. The molecule has 1 aliphatic heterocycles. The van der Waals surface area contributed by atoms with Crippen molar-refractivity contribution in [1.82, 2.24) is 14.9 Å². The minimum absolute atomic E-state index is 0.0234. The topological polar surface area (TPSA) is 118 Å². The van der Waals surface area contributed by atoms with Crippen LogP contribution in [0.1, 0.15) is 126 Å². The molecule has 2 atom stereocenters. The largest absolute Gasteiger partial charge is 0.481 e. The van der Waals surface area contributed by atoms with Crippen molar-refractivity contribution in [3.8, 4) is 5.75 Å². The van der Waals surface area contributed by atoms with Gasteiger partial charge in [0.15, 0.2) is 18.0 Å². The summed E-state index contributed by atoms with van der Waals surface area (Å²) in [7, 11) is 0. The number of anilines is 2. The van der Waals surface area contributed by atoms with Crippen LogP contribution in [0.4, 0.5) is 11.4 Å². The lowest BCUT2D eigenvalue weighted by Crippen LogP contribution is -2.38. The highest BCUT2D eigenvalue weighted by molar-refractivity contribution is 6.43. The van der Waals surface area contributed by atoms with Crippen LogP contribution in [0, 0.1) is 0 Å². The first-order valence-electron chi connectivity index (χ1n) is 20.2. The number of ether oxygens (including phenoxy) is 1. The molecule has 0 spiro atoms. The van der Waals surface area contributed by atoms with Gasteiger partial charge in [0.1, 0.15) is 11.4 Å². The van der Waals surface area contributed by atoms with Crippen molar-refractivity contribution >= 4 is 69.7 Å². The second-order valence-corrected chi connectivity index (χ2v) is 15.7. The summed E-state index contributed by atoms with van der Waals surface area (Å²) in [5.41, 5.74) is 1.95. The Hall–Kier alpha value is -4.38. The van der Waals surface area contributed by atoms with E-state index in [-0.39, 0.29) is 38.1 Å². The Bertz CT molecular complexity index is 1950. The van der Waals surface area contributed by atoms with Crippen LogP contribution in [0.3, 0.4) is 0 Å². The minimum atomic E-state index is -1.06. The highest BCUT2D eigenvalue weighted by atomic mass is 35.5. The maximum atomic E-state index is 13.7. The van der Waals surface area contributed by atoms with Crippen LogP contribution in [0.5, 0.6) is 5.75 Å². The Balaban J connectivity index is 1.12. The van der Waals surface area contributed by atoms with Gasteiger partial charge >= 0.3 is 0 Å². The van der Waals surface area contributed by atoms with Crippen LogP contribution >= 0.6 is 34.8 Å². The summed E-state index contributed by atoms with van der Waals surface area (Å²) in [6.07, 6.45) is 22.4.